The number of hydrogen-bond donors (Lipinski definition) is 2. The van der Waals surface area contributed by atoms with Crippen LogP contribution in [0.4, 0.5) is 0 Å². The predicted octanol–water partition coefficient (Wildman–Crippen LogP) is 0.554. The molecule has 0 fully saturated rings. The molecular formula is C7H7ClN2O3S. The minimum Gasteiger partial charge on any atom is -0.480 e. The highest BCUT2D eigenvalue weighted by Gasteiger charge is 2.13. The second-order valence-corrected chi connectivity index (χ2v) is 3.89. The van der Waals surface area contributed by atoms with E-state index in [0.717, 1.165) is 11.8 Å². The number of hydrogen-bond acceptors (Lipinski definition) is 4. The lowest BCUT2D eigenvalue weighted by atomic mass is 10.5. The number of nitrogens with one attached hydrogen (secondary N) is 1. The van der Waals surface area contributed by atoms with E-state index in [1.807, 2.05) is 0 Å². The first kappa shape index (κ1) is 11.1. The Labute approximate surface area is 88.5 Å². The molecule has 0 saturated heterocycles. The summed E-state index contributed by atoms with van der Waals surface area (Å²) in [7, 11) is 0. The monoisotopic (exact) mass is 234 g/mol. The Morgan fingerprint density at radius 2 is 2.50 bits per heavy atom. The van der Waals surface area contributed by atoms with Crippen molar-refractivity contribution in [3.63, 3.8) is 0 Å². The van der Waals surface area contributed by atoms with Crippen LogP contribution in [0.2, 0.25) is 0 Å². The molecule has 1 aromatic heterocycles. The Morgan fingerprint density at radius 3 is 3.07 bits per heavy atom. The van der Waals surface area contributed by atoms with E-state index >= 15 is 0 Å². The van der Waals surface area contributed by atoms with Gasteiger partial charge in [-0.1, -0.05) is 11.8 Å². The van der Waals surface area contributed by atoms with Gasteiger partial charge < -0.3 is 10.1 Å². The lowest BCUT2D eigenvalue weighted by molar-refractivity contribution is -0.136. The van der Waals surface area contributed by atoms with E-state index in [-0.39, 0.29) is 11.3 Å². The van der Waals surface area contributed by atoms with E-state index in [2.05, 4.69) is 9.97 Å². The van der Waals surface area contributed by atoms with Gasteiger partial charge in [0.2, 0.25) is 0 Å². The molecule has 1 aromatic rings. The summed E-state index contributed by atoms with van der Waals surface area (Å²) < 4.78 is 0. The lowest BCUT2D eigenvalue weighted by Crippen LogP contribution is -2.16. The Hall–Kier alpha value is -1.01. The summed E-state index contributed by atoms with van der Waals surface area (Å²) in [6.07, 6.45) is 1.35. The van der Waals surface area contributed by atoms with Gasteiger partial charge in [0.25, 0.3) is 5.56 Å². The number of thioether (sulfide) groups is 1. The van der Waals surface area contributed by atoms with Crippen LogP contribution in [0.15, 0.2) is 22.2 Å². The molecule has 1 rings (SSSR count). The number of rotatable bonds is 4. The molecule has 76 valence electrons. The largest absolute Gasteiger partial charge is 0.480 e. The van der Waals surface area contributed by atoms with Gasteiger partial charge in [-0.2, -0.15) is 0 Å². The van der Waals surface area contributed by atoms with Crippen molar-refractivity contribution in [1.29, 1.82) is 0 Å². The summed E-state index contributed by atoms with van der Waals surface area (Å²) >= 11 is 6.56. The molecule has 0 amide bonds. The Bertz CT molecular complexity index is 381. The molecule has 0 radical (unpaired) electrons. The van der Waals surface area contributed by atoms with Gasteiger partial charge in [0.1, 0.15) is 5.38 Å². The molecule has 0 bridgehead atoms. The first-order chi connectivity index (χ1) is 6.59. The second kappa shape index (κ2) is 5.02. The standard InChI is InChI=1S/C7H7ClN2O3S/c8-4(6(12)13)3-14-7-9-2-1-5(11)10-7/h1-2,4H,3H2,(H,12,13)(H,9,10,11). The lowest BCUT2D eigenvalue weighted by Gasteiger charge is -2.02. The van der Waals surface area contributed by atoms with Crippen molar-refractivity contribution in [3.05, 3.63) is 22.6 Å². The van der Waals surface area contributed by atoms with Gasteiger partial charge in [0.05, 0.1) is 0 Å². The van der Waals surface area contributed by atoms with E-state index < -0.39 is 11.3 Å². The van der Waals surface area contributed by atoms with Crippen molar-refractivity contribution in [2.24, 2.45) is 0 Å². The topological polar surface area (TPSA) is 83.0 Å². The average Bonchev–Trinajstić information content (AvgIpc) is 2.14. The van der Waals surface area contributed by atoms with E-state index in [1.54, 1.807) is 0 Å². The molecule has 7 heteroatoms. The van der Waals surface area contributed by atoms with Crippen molar-refractivity contribution < 1.29 is 9.90 Å². The molecule has 0 spiro atoms. The smallest absolute Gasteiger partial charge is 0.322 e. The fourth-order valence-electron chi connectivity index (χ4n) is 0.649. The molecule has 0 aliphatic carbocycles. The second-order valence-electron chi connectivity index (χ2n) is 2.36. The summed E-state index contributed by atoms with van der Waals surface area (Å²) in [5, 5.41) is 7.86. The van der Waals surface area contributed by atoms with Gasteiger partial charge in [-0.05, 0) is 0 Å². The van der Waals surface area contributed by atoms with Crippen LogP contribution >= 0.6 is 23.4 Å². The number of carboxylic acids is 1. The van der Waals surface area contributed by atoms with Gasteiger partial charge in [-0.15, -0.1) is 11.6 Å². The maximum absolute atomic E-state index is 10.8. The SMILES string of the molecule is O=C(O)C(Cl)CSc1nccc(=O)[nH]1. The Morgan fingerprint density at radius 1 is 1.79 bits per heavy atom. The maximum Gasteiger partial charge on any atom is 0.322 e. The number of aromatic nitrogens is 2. The molecule has 0 aliphatic rings. The zero-order valence-electron chi connectivity index (χ0n) is 6.94. The predicted molar refractivity (Wildman–Crippen MR) is 52.9 cm³/mol. The number of nitrogens with zero attached hydrogens (tertiary/aromatic N) is 1. The Kier molecular flexibility index (Phi) is 3.97. The van der Waals surface area contributed by atoms with Crippen LogP contribution in [0.25, 0.3) is 0 Å². The van der Waals surface area contributed by atoms with E-state index in [1.165, 1.54) is 12.3 Å². The van der Waals surface area contributed by atoms with Crippen molar-refractivity contribution in [1.82, 2.24) is 9.97 Å². The van der Waals surface area contributed by atoms with Crippen LogP contribution in [0, 0.1) is 0 Å². The number of carboxylic acid groups (broad SMARTS) is 1. The molecule has 0 saturated carbocycles. The fraction of sp³-hybridized carbons (Fsp3) is 0.286. The third-order valence-corrected chi connectivity index (χ3v) is 2.79. The number of carbonyl (C=O) groups is 1. The van der Waals surface area contributed by atoms with Crippen molar-refractivity contribution in [2.45, 2.75) is 10.5 Å². The van der Waals surface area contributed by atoms with E-state index in [4.69, 9.17) is 16.7 Å². The molecule has 1 atom stereocenters. The first-order valence-corrected chi connectivity index (χ1v) is 5.07. The summed E-state index contributed by atoms with van der Waals surface area (Å²) in [5.74, 6) is -0.929. The van der Waals surface area contributed by atoms with Gasteiger partial charge in [-0.3, -0.25) is 9.59 Å². The maximum atomic E-state index is 10.8. The van der Waals surface area contributed by atoms with Crippen LogP contribution < -0.4 is 5.56 Å². The van der Waals surface area contributed by atoms with E-state index in [0.29, 0.717) is 5.16 Å². The minimum atomic E-state index is -1.09. The number of alkyl halides is 1. The van der Waals surface area contributed by atoms with Crippen molar-refractivity contribution in [3.8, 4) is 0 Å². The molecular weight excluding hydrogens is 228 g/mol. The van der Waals surface area contributed by atoms with Gasteiger partial charge in [0.15, 0.2) is 5.16 Å². The summed E-state index contributed by atoms with van der Waals surface area (Å²) in [5.41, 5.74) is -0.274. The molecule has 2 N–H and O–H groups in total. The van der Waals surface area contributed by atoms with Crippen molar-refractivity contribution in [2.75, 3.05) is 5.75 Å². The van der Waals surface area contributed by atoms with Crippen LogP contribution in [0.5, 0.6) is 0 Å². The third-order valence-electron chi connectivity index (χ3n) is 1.28. The number of aromatic amines is 1. The van der Waals surface area contributed by atoms with Gasteiger partial charge in [-0.25, -0.2) is 4.98 Å². The molecule has 14 heavy (non-hydrogen) atoms. The number of aliphatic carboxylic acids is 1. The quantitative estimate of drug-likeness (QED) is 0.452. The normalized spacial score (nSPS) is 12.4. The molecule has 5 nitrogen and oxygen atoms in total. The third kappa shape index (κ3) is 3.39. The zero-order valence-corrected chi connectivity index (χ0v) is 8.51. The van der Waals surface area contributed by atoms with Crippen LogP contribution in [0.3, 0.4) is 0 Å². The summed E-state index contributed by atoms with van der Waals surface area (Å²) in [6.45, 7) is 0. The van der Waals surface area contributed by atoms with Crippen LogP contribution in [-0.2, 0) is 4.79 Å². The minimum absolute atomic E-state index is 0.157. The zero-order chi connectivity index (χ0) is 10.6. The molecule has 0 aromatic carbocycles. The first-order valence-electron chi connectivity index (χ1n) is 3.64. The average molecular weight is 235 g/mol. The van der Waals surface area contributed by atoms with Crippen molar-refractivity contribution >= 4 is 29.3 Å². The highest BCUT2D eigenvalue weighted by Crippen LogP contribution is 2.14. The van der Waals surface area contributed by atoms with Crippen LogP contribution in [-0.4, -0.2) is 32.2 Å². The highest BCUT2D eigenvalue weighted by molar-refractivity contribution is 7.99. The molecule has 1 unspecified atom stereocenters. The fourth-order valence-corrected chi connectivity index (χ4v) is 1.59. The number of H-pyrrole nitrogens is 1. The van der Waals surface area contributed by atoms with E-state index in [9.17, 15) is 9.59 Å². The van der Waals surface area contributed by atoms with Gasteiger partial charge in [0, 0.05) is 18.0 Å². The van der Waals surface area contributed by atoms with Crippen LogP contribution in [0.1, 0.15) is 0 Å². The summed E-state index contributed by atoms with van der Waals surface area (Å²) in [4.78, 5) is 27.4. The Balaban J connectivity index is 2.54. The molecule has 1 heterocycles. The summed E-state index contributed by atoms with van der Waals surface area (Å²) in [6, 6.07) is 1.28. The number of halogens is 1. The molecule has 0 aliphatic heterocycles. The highest BCUT2D eigenvalue weighted by atomic mass is 35.5. The van der Waals surface area contributed by atoms with Gasteiger partial charge >= 0.3 is 5.97 Å².